The summed E-state index contributed by atoms with van der Waals surface area (Å²) in [6.45, 7) is 1.73. The molecule has 2 aromatic rings. The van der Waals surface area contributed by atoms with E-state index in [-0.39, 0.29) is 11.3 Å². The minimum Gasteiger partial charge on any atom is -0.493 e. The first-order chi connectivity index (χ1) is 16.5. The Kier molecular flexibility index (Phi) is 5.93. The molecule has 0 bridgehead atoms. The molecule has 0 amide bonds. The van der Waals surface area contributed by atoms with Gasteiger partial charge in [-0.2, -0.15) is 4.98 Å². The number of carbonyl (C=O) groups excluding carboxylic acids is 1. The highest BCUT2D eigenvalue weighted by molar-refractivity contribution is 6.01. The van der Waals surface area contributed by atoms with E-state index >= 15 is 0 Å². The van der Waals surface area contributed by atoms with Gasteiger partial charge in [0.2, 0.25) is 11.7 Å². The minimum absolute atomic E-state index is 0.0395. The normalized spacial score (nSPS) is 19.8. The Morgan fingerprint density at radius 2 is 1.65 bits per heavy atom. The van der Waals surface area contributed by atoms with Crippen molar-refractivity contribution in [1.29, 1.82) is 0 Å². The summed E-state index contributed by atoms with van der Waals surface area (Å²) in [6.07, 6.45) is 5.29. The van der Waals surface area contributed by atoms with E-state index in [1.807, 2.05) is 12.1 Å². The Labute approximate surface area is 198 Å². The number of methoxy groups -OCH3 is 3. The van der Waals surface area contributed by atoms with Crippen molar-refractivity contribution in [2.24, 2.45) is 0 Å². The molecule has 9 nitrogen and oxygen atoms in total. The summed E-state index contributed by atoms with van der Waals surface area (Å²) in [5.74, 6) is 1.94. The van der Waals surface area contributed by atoms with Crippen molar-refractivity contribution in [3.63, 3.8) is 0 Å². The first-order valence-electron chi connectivity index (χ1n) is 11.8. The summed E-state index contributed by atoms with van der Waals surface area (Å²) in [6, 6.07) is 3.62. The number of nitrogens with one attached hydrogen (secondary N) is 2. The lowest BCUT2D eigenvalue weighted by atomic mass is 9.76. The highest BCUT2D eigenvalue weighted by atomic mass is 16.5. The van der Waals surface area contributed by atoms with Gasteiger partial charge in [0.1, 0.15) is 5.82 Å². The molecule has 34 heavy (non-hydrogen) atoms. The van der Waals surface area contributed by atoms with Crippen LogP contribution in [0.25, 0.3) is 0 Å². The number of ether oxygens (including phenoxy) is 3. The van der Waals surface area contributed by atoms with E-state index in [1.54, 1.807) is 21.3 Å². The van der Waals surface area contributed by atoms with E-state index in [0.717, 1.165) is 50.0 Å². The molecule has 9 heteroatoms. The van der Waals surface area contributed by atoms with E-state index in [2.05, 4.69) is 15.2 Å². The number of hydrogen-bond acceptors (Lipinski definition) is 8. The van der Waals surface area contributed by atoms with Crippen molar-refractivity contribution in [3.8, 4) is 17.2 Å². The van der Waals surface area contributed by atoms with Gasteiger partial charge in [-0.05, 0) is 49.8 Å². The molecule has 0 radical (unpaired) electrons. The maximum atomic E-state index is 13.5. The third-order valence-electron chi connectivity index (χ3n) is 6.92. The van der Waals surface area contributed by atoms with Crippen molar-refractivity contribution < 1.29 is 19.0 Å². The Morgan fingerprint density at radius 3 is 2.29 bits per heavy atom. The second-order valence-corrected chi connectivity index (χ2v) is 8.89. The standard InChI is InChI=1S/C25H30N4O5/c1-32-17-12-14(13-18(33-2)22(17)34-3)19-20-15(8-7-9-16(20)30)26-23-21(19)24(31)28-25(27-23)29-10-5-4-6-11-29/h12-13,19H,4-11H2,1-3H3,(H2,26,27,28,31)/t19-/m0/s1. The first-order valence-corrected chi connectivity index (χ1v) is 11.8. The minimum atomic E-state index is -0.584. The summed E-state index contributed by atoms with van der Waals surface area (Å²) in [5, 5.41) is 3.34. The second kappa shape index (κ2) is 9.04. The molecule has 0 unspecified atom stereocenters. The zero-order valence-electron chi connectivity index (χ0n) is 19.8. The van der Waals surface area contributed by atoms with Gasteiger partial charge >= 0.3 is 0 Å². The van der Waals surface area contributed by atoms with Gasteiger partial charge in [0, 0.05) is 36.7 Å². The number of benzene rings is 1. The molecule has 180 valence electrons. The maximum absolute atomic E-state index is 13.5. The molecule has 3 aliphatic rings. The average Bonchev–Trinajstić information content (AvgIpc) is 2.87. The highest BCUT2D eigenvalue weighted by Crippen LogP contribution is 2.47. The first kappa shape index (κ1) is 22.3. The third-order valence-corrected chi connectivity index (χ3v) is 6.92. The van der Waals surface area contributed by atoms with Crippen molar-refractivity contribution in [2.75, 3.05) is 44.6 Å². The number of H-pyrrole nitrogens is 1. The fourth-order valence-electron chi connectivity index (χ4n) is 5.31. The Balaban J connectivity index is 1.71. The monoisotopic (exact) mass is 466 g/mol. The van der Waals surface area contributed by atoms with Crippen LogP contribution in [-0.4, -0.2) is 50.2 Å². The predicted octanol–water partition coefficient (Wildman–Crippen LogP) is 3.35. The number of Topliss-reactive ketones (excluding diaryl/α,β-unsaturated/α-hetero) is 1. The smallest absolute Gasteiger partial charge is 0.258 e. The maximum Gasteiger partial charge on any atom is 0.258 e. The number of carbonyl (C=O) groups is 1. The quantitative estimate of drug-likeness (QED) is 0.691. The van der Waals surface area contributed by atoms with E-state index in [1.165, 1.54) is 6.42 Å². The molecule has 1 atom stereocenters. The van der Waals surface area contributed by atoms with Crippen LogP contribution in [0.1, 0.15) is 55.6 Å². The van der Waals surface area contributed by atoms with Crippen LogP contribution in [-0.2, 0) is 4.79 Å². The molecule has 0 saturated carbocycles. The summed E-state index contributed by atoms with van der Waals surface area (Å²) in [7, 11) is 4.64. The van der Waals surface area contributed by atoms with Gasteiger partial charge in [0.25, 0.3) is 5.56 Å². The van der Waals surface area contributed by atoms with Crippen molar-refractivity contribution in [2.45, 2.75) is 44.4 Å². The molecular weight excluding hydrogens is 436 g/mol. The van der Waals surface area contributed by atoms with Crippen LogP contribution in [0.4, 0.5) is 11.8 Å². The molecule has 1 aromatic carbocycles. The van der Waals surface area contributed by atoms with Crippen molar-refractivity contribution >= 4 is 17.5 Å². The zero-order chi connectivity index (χ0) is 23.8. The number of ketones is 1. The summed E-state index contributed by atoms with van der Waals surface area (Å²) >= 11 is 0. The van der Waals surface area contributed by atoms with Crippen LogP contribution in [0.15, 0.2) is 28.2 Å². The number of rotatable bonds is 5. The highest BCUT2D eigenvalue weighted by Gasteiger charge is 2.39. The number of anilines is 2. The molecule has 0 spiro atoms. The number of piperidine rings is 1. The van der Waals surface area contributed by atoms with Crippen molar-refractivity contribution in [3.05, 3.63) is 44.9 Å². The number of allylic oxidation sites excluding steroid dienone is 2. The van der Waals surface area contributed by atoms with Gasteiger partial charge in [0.05, 0.1) is 26.9 Å². The molecule has 5 rings (SSSR count). The predicted molar refractivity (Wildman–Crippen MR) is 128 cm³/mol. The lowest BCUT2D eigenvalue weighted by Gasteiger charge is -2.34. The fraction of sp³-hybridized carbons (Fsp3) is 0.480. The number of fused-ring (bicyclic) bond motifs is 1. The Hall–Kier alpha value is -3.49. The molecule has 1 aromatic heterocycles. The lowest BCUT2D eigenvalue weighted by Crippen LogP contribution is -2.36. The SMILES string of the molecule is COc1cc([C@H]2C3=C(CCCC3=O)Nc3nc(N4CCCCC4)[nH]c(=O)c32)cc(OC)c1OC. The number of nitrogens with zero attached hydrogens (tertiary/aromatic N) is 2. The van der Waals surface area contributed by atoms with Gasteiger partial charge in [0.15, 0.2) is 17.3 Å². The molecular formula is C25H30N4O5. The number of aromatic nitrogens is 2. The van der Waals surface area contributed by atoms with Crippen LogP contribution in [0.5, 0.6) is 17.2 Å². The molecule has 3 heterocycles. The largest absolute Gasteiger partial charge is 0.493 e. The zero-order valence-corrected chi connectivity index (χ0v) is 19.8. The van der Waals surface area contributed by atoms with Crippen LogP contribution in [0, 0.1) is 0 Å². The summed E-state index contributed by atoms with van der Waals surface area (Å²) in [4.78, 5) is 36.6. The fourth-order valence-corrected chi connectivity index (χ4v) is 5.31. The third kappa shape index (κ3) is 3.69. The van der Waals surface area contributed by atoms with Gasteiger partial charge in [-0.3, -0.25) is 14.6 Å². The van der Waals surface area contributed by atoms with Crippen LogP contribution in [0.2, 0.25) is 0 Å². The summed E-state index contributed by atoms with van der Waals surface area (Å²) < 4.78 is 16.6. The van der Waals surface area contributed by atoms with E-state index in [4.69, 9.17) is 19.2 Å². The average molecular weight is 467 g/mol. The van der Waals surface area contributed by atoms with Gasteiger partial charge in [-0.25, -0.2) is 0 Å². The van der Waals surface area contributed by atoms with Crippen LogP contribution < -0.4 is 30.0 Å². The van der Waals surface area contributed by atoms with Crippen LogP contribution in [0.3, 0.4) is 0 Å². The number of aromatic amines is 1. The van der Waals surface area contributed by atoms with Gasteiger partial charge in [-0.15, -0.1) is 0 Å². The molecule has 2 aliphatic heterocycles. The Morgan fingerprint density at radius 1 is 0.941 bits per heavy atom. The van der Waals surface area contributed by atoms with Gasteiger partial charge < -0.3 is 24.4 Å². The topological polar surface area (TPSA) is 106 Å². The second-order valence-electron chi connectivity index (χ2n) is 8.89. The van der Waals surface area contributed by atoms with Gasteiger partial charge in [-0.1, -0.05) is 0 Å². The molecule has 1 saturated heterocycles. The Bertz CT molecular complexity index is 1190. The van der Waals surface area contributed by atoms with E-state index in [9.17, 15) is 9.59 Å². The summed E-state index contributed by atoms with van der Waals surface area (Å²) in [5.41, 5.74) is 2.36. The molecule has 1 fully saturated rings. The van der Waals surface area contributed by atoms with Crippen molar-refractivity contribution in [1.82, 2.24) is 9.97 Å². The molecule has 1 aliphatic carbocycles. The van der Waals surface area contributed by atoms with E-state index in [0.29, 0.717) is 46.6 Å². The molecule has 2 N–H and O–H groups in total. The van der Waals surface area contributed by atoms with Crippen LogP contribution >= 0.6 is 0 Å². The number of hydrogen-bond donors (Lipinski definition) is 2. The lowest BCUT2D eigenvalue weighted by molar-refractivity contribution is -0.116. The van der Waals surface area contributed by atoms with E-state index < -0.39 is 5.92 Å².